The summed E-state index contributed by atoms with van der Waals surface area (Å²) in [4.78, 5) is 92.3. The van der Waals surface area contributed by atoms with Crippen LogP contribution in [0.3, 0.4) is 0 Å². The average molecular weight is 723 g/mol. The third-order valence-corrected chi connectivity index (χ3v) is 8.27. The first kappa shape index (κ1) is 44.7. The van der Waals surface area contributed by atoms with Gasteiger partial charge in [-0.3, -0.25) is 39.0 Å². The zero-order chi connectivity index (χ0) is 38.8. The Balaban J connectivity index is 2.90. The standard InChI is InChI=1S/C34H62N10O7/c1-19(2)15-24(42-32(50)25-12-10-14-44(25)28(47)18-38-22(7)8)31(49)40-17-27(46)43-29(21(5)6)33(51)41-23(11-9-13-37-34(35)36)30(48)39-16-26(45)20(3)4/h19-25,29,38H,9-18H2,1-8H3,(H,39,48)(H,40,49)(H,41,51)(H,42,50)(H,43,46)(H4,35,36,37)/t23-,24-,25-,29-/m0/s1. The van der Waals surface area contributed by atoms with Gasteiger partial charge in [-0.15, -0.1) is 0 Å². The number of amides is 6. The van der Waals surface area contributed by atoms with Crippen LogP contribution in [0.1, 0.15) is 87.5 Å². The second-order valence-corrected chi connectivity index (χ2v) is 14.4. The van der Waals surface area contributed by atoms with Crippen molar-refractivity contribution in [2.45, 2.75) is 118 Å². The van der Waals surface area contributed by atoms with Crippen molar-refractivity contribution in [2.24, 2.45) is 23.5 Å². The van der Waals surface area contributed by atoms with Crippen LogP contribution in [0.4, 0.5) is 0 Å². The van der Waals surface area contributed by atoms with E-state index in [0.717, 1.165) is 0 Å². The van der Waals surface area contributed by atoms with Crippen LogP contribution in [0.5, 0.6) is 0 Å². The molecule has 1 heterocycles. The van der Waals surface area contributed by atoms with Crippen molar-refractivity contribution in [2.75, 3.05) is 32.7 Å². The van der Waals surface area contributed by atoms with E-state index in [9.17, 15) is 33.6 Å². The Morgan fingerprint density at radius 2 is 1.41 bits per heavy atom. The number of carbonyl (C=O) groups excluding carboxylic acids is 7. The first-order chi connectivity index (χ1) is 23.8. The first-order valence-corrected chi connectivity index (χ1v) is 17.9. The van der Waals surface area contributed by atoms with Gasteiger partial charge in [0, 0.05) is 25.0 Å². The highest BCUT2D eigenvalue weighted by Gasteiger charge is 2.36. The Hall–Kier alpha value is -4.28. The lowest BCUT2D eigenvalue weighted by Gasteiger charge is -2.27. The molecule has 1 aliphatic rings. The molecule has 0 aromatic rings. The zero-order valence-electron chi connectivity index (χ0n) is 31.6. The maximum atomic E-state index is 13.4. The highest BCUT2D eigenvalue weighted by atomic mass is 16.2. The normalized spacial score (nSPS) is 16.0. The number of rotatable bonds is 22. The number of likely N-dealkylation sites (tertiary alicyclic amines) is 1. The van der Waals surface area contributed by atoms with Gasteiger partial charge in [0.05, 0.1) is 19.6 Å². The molecule has 4 atom stereocenters. The van der Waals surface area contributed by atoms with E-state index in [1.807, 2.05) is 27.7 Å². The van der Waals surface area contributed by atoms with Crippen molar-refractivity contribution in [1.82, 2.24) is 42.1 Å². The van der Waals surface area contributed by atoms with Crippen LogP contribution < -0.4 is 43.0 Å². The Morgan fingerprint density at radius 3 is 1.98 bits per heavy atom. The van der Waals surface area contributed by atoms with Crippen molar-refractivity contribution >= 4 is 47.2 Å². The van der Waals surface area contributed by atoms with E-state index in [-0.39, 0.29) is 61.6 Å². The van der Waals surface area contributed by atoms with Gasteiger partial charge in [-0.1, -0.05) is 55.4 Å². The number of carbonyl (C=O) groups is 7. The molecular weight excluding hydrogens is 660 g/mol. The van der Waals surface area contributed by atoms with E-state index in [0.29, 0.717) is 32.2 Å². The molecule has 6 amide bonds. The maximum absolute atomic E-state index is 13.4. The van der Waals surface area contributed by atoms with E-state index >= 15 is 0 Å². The predicted molar refractivity (Wildman–Crippen MR) is 193 cm³/mol. The zero-order valence-corrected chi connectivity index (χ0v) is 31.6. The van der Waals surface area contributed by atoms with Crippen LogP contribution in [-0.2, 0) is 33.6 Å². The minimum atomic E-state index is -1.07. The fourth-order valence-electron chi connectivity index (χ4n) is 5.31. The minimum Gasteiger partial charge on any atom is -0.370 e. The summed E-state index contributed by atoms with van der Waals surface area (Å²) in [5.74, 6) is -4.17. The number of hydrogen-bond acceptors (Lipinski definition) is 9. The Kier molecular flexibility index (Phi) is 19.8. The molecule has 1 saturated heterocycles. The Bertz CT molecular complexity index is 1220. The minimum absolute atomic E-state index is 0.0207. The number of ketones is 1. The van der Waals surface area contributed by atoms with Crippen LogP contribution in [0, 0.1) is 23.2 Å². The van der Waals surface area contributed by atoms with Crippen LogP contribution in [0.25, 0.3) is 0 Å². The molecule has 1 fully saturated rings. The van der Waals surface area contributed by atoms with Gasteiger partial charge < -0.3 is 47.9 Å². The van der Waals surface area contributed by atoms with E-state index in [4.69, 9.17) is 11.1 Å². The first-order valence-electron chi connectivity index (χ1n) is 17.9. The van der Waals surface area contributed by atoms with Crippen LogP contribution in [0.15, 0.2) is 0 Å². The third-order valence-electron chi connectivity index (χ3n) is 8.27. The molecule has 0 spiro atoms. The van der Waals surface area contributed by atoms with Gasteiger partial charge in [-0.25, -0.2) is 0 Å². The molecule has 0 unspecified atom stereocenters. The van der Waals surface area contributed by atoms with Gasteiger partial charge in [-0.2, -0.15) is 0 Å². The molecule has 1 rings (SSSR count). The molecule has 17 nitrogen and oxygen atoms in total. The van der Waals surface area contributed by atoms with Crippen molar-refractivity contribution < 1.29 is 33.6 Å². The summed E-state index contributed by atoms with van der Waals surface area (Å²) < 4.78 is 0. The van der Waals surface area contributed by atoms with Crippen LogP contribution >= 0.6 is 0 Å². The van der Waals surface area contributed by atoms with Gasteiger partial charge >= 0.3 is 0 Å². The molecule has 0 radical (unpaired) electrons. The lowest BCUT2D eigenvalue weighted by Crippen LogP contribution is -2.57. The predicted octanol–water partition coefficient (Wildman–Crippen LogP) is -1.15. The molecule has 0 bridgehead atoms. The summed E-state index contributed by atoms with van der Waals surface area (Å²) in [6.07, 6.45) is 1.95. The number of guanidine groups is 1. The van der Waals surface area contributed by atoms with E-state index in [2.05, 4.69) is 37.2 Å². The summed E-state index contributed by atoms with van der Waals surface area (Å²) in [5, 5.41) is 26.2. The summed E-state index contributed by atoms with van der Waals surface area (Å²) in [6.45, 7) is 14.6. The number of nitrogens with zero attached hydrogens (tertiary/aromatic N) is 1. The lowest BCUT2D eigenvalue weighted by atomic mass is 10.0. The van der Waals surface area contributed by atoms with Crippen molar-refractivity contribution in [3.8, 4) is 0 Å². The van der Waals surface area contributed by atoms with Gasteiger partial charge in [0.1, 0.15) is 24.2 Å². The van der Waals surface area contributed by atoms with E-state index in [1.165, 1.54) is 4.90 Å². The van der Waals surface area contributed by atoms with Crippen molar-refractivity contribution in [3.05, 3.63) is 0 Å². The number of nitrogens with two attached hydrogens (primary N) is 1. The Labute approximate surface area is 302 Å². The molecule has 0 saturated carbocycles. The topological polar surface area (TPSA) is 257 Å². The smallest absolute Gasteiger partial charge is 0.243 e. The van der Waals surface area contributed by atoms with Gasteiger partial charge in [0.25, 0.3) is 0 Å². The quantitative estimate of drug-likeness (QED) is 0.0369. The molecule has 0 aromatic heterocycles. The maximum Gasteiger partial charge on any atom is 0.243 e. The van der Waals surface area contributed by atoms with Gasteiger partial charge in [-0.05, 0) is 43.9 Å². The molecule has 0 aliphatic carbocycles. The molecule has 1 aliphatic heterocycles. The van der Waals surface area contributed by atoms with E-state index in [1.54, 1.807) is 27.7 Å². The third kappa shape index (κ3) is 17.0. The highest BCUT2D eigenvalue weighted by molar-refractivity contribution is 5.96. The SMILES string of the molecule is CC(C)C[C@H](NC(=O)[C@@H]1CCCN1C(=O)CNC(C)C)C(=O)NCC(=O)N[C@H](C(=O)N[C@@H](CCCNC(=N)N)C(=O)NCC(=O)C(C)C)C(C)C. The fraction of sp³-hybridized carbons (Fsp3) is 0.765. The number of hydrogen-bond donors (Lipinski definition) is 9. The highest BCUT2D eigenvalue weighted by Crippen LogP contribution is 2.18. The van der Waals surface area contributed by atoms with Crippen LogP contribution in [0.2, 0.25) is 0 Å². The summed E-state index contributed by atoms with van der Waals surface area (Å²) in [7, 11) is 0. The molecule has 10 N–H and O–H groups in total. The number of Topliss-reactive ketones (excluding diaryl/α,β-unsaturated/α-hetero) is 1. The van der Waals surface area contributed by atoms with E-state index < -0.39 is 66.2 Å². The van der Waals surface area contributed by atoms with Crippen molar-refractivity contribution in [1.29, 1.82) is 5.41 Å². The lowest BCUT2D eigenvalue weighted by molar-refractivity contribution is -0.139. The van der Waals surface area contributed by atoms with Crippen LogP contribution in [-0.4, -0.2) is 115 Å². The second kappa shape index (κ2) is 22.5. The summed E-state index contributed by atoms with van der Waals surface area (Å²) >= 11 is 0. The molecule has 290 valence electrons. The molecular formula is C34H62N10O7. The molecule has 0 aromatic carbocycles. The Morgan fingerprint density at radius 1 is 0.784 bits per heavy atom. The number of nitrogens with one attached hydrogen (secondary N) is 8. The largest absolute Gasteiger partial charge is 0.370 e. The van der Waals surface area contributed by atoms with Gasteiger partial charge in [0.15, 0.2) is 11.7 Å². The second-order valence-electron chi connectivity index (χ2n) is 14.4. The average Bonchev–Trinajstić information content (AvgIpc) is 3.54. The monoisotopic (exact) mass is 722 g/mol. The molecule has 17 heteroatoms. The summed E-state index contributed by atoms with van der Waals surface area (Å²) in [6, 6.07) is -3.66. The summed E-state index contributed by atoms with van der Waals surface area (Å²) in [5.41, 5.74) is 5.32. The molecule has 51 heavy (non-hydrogen) atoms. The fourth-order valence-corrected chi connectivity index (χ4v) is 5.31. The van der Waals surface area contributed by atoms with Gasteiger partial charge in [0.2, 0.25) is 35.4 Å². The van der Waals surface area contributed by atoms with Crippen molar-refractivity contribution in [3.63, 3.8) is 0 Å².